The van der Waals surface area contributed by atoms with Gasteiger partial charge >= 0.3 is 6.03 Å². The molecule has 3 aromatic rings. The van der Waals surface area contributed by atoms with E-state index in [2.05, 4.69) is 27.9 Å². The number of amides is 3. The number of carbonyl (C=O) groups is 2. The highest BCUT2D eigenvalue weighted by Gasteiger charge is 2.33. The van der Waals surface area contributed by atoms with E-state index in [4.69, 9.17) is 4.74 Å². The summed E-state index contributed by atoms with van der Waals surface area (Å²) in [5.41, 5.74) is 2.31. The van der Waals surface area contributed by atoms with Crippen LogP contribution in [0.15, 0.2) is 78.5 Å². The molecular formula is C24H18FIN2O3. The molecule has 3 aromatic carbocycles. The monoisotopic (exact) mass is 528 g/mol. The molecule has 0 bridgehead atoms. The molecule has 0 spiro atoms. The summed E-state index contributed by atoms with van der Waals surface area (Å²) in [6, 6.07) is 20.7. The Morgan fingerprint density at radius 2 is 1.74 bits per heavy atom. The van der Waals surface area contributed by atoms with Gasteiger partial charge < -0.3 is 10.1 Å². The fourth-order valence-corrected chi connectivity index (χ4v) is 3.84. The van der Waals surface area contributed by atoms with Gasteiger partial charge in [0.15, 0.2) is 0 Å². The Hall–Kier alpha value is -3.20. The van der Waals surface area contributed by atoms with E-state index >= 15 is 0 Å². The first-order valence-corrected chi connectivity index (χ1v) is 10.6. The van der Waals surface area contributed by atoms with Crippen molar-refractivity contribution in [1.29, 1.82) is 0 Å². The first-order valence-electron chi connectivity index (χ1n) is 9.55. The number of nitrogens with zero attached hydrogens (tertiary/aromatic N) is 1. The van der Waals surface area contributed by atoms with Crippen LogP contribution in [0.25, 0.3) is 6.08 Å². The summed E-state index contributed by atoms with van der Waals surface area (Å²) in [5, 5.41) is 2.63. The lowest BCUT2D eigenvalue weighted by Gasteiger charge is -2.11. The molecule has 3 amide bonds. The summed E-state index contributed by atoms with van der Waals surface area (Å²) in [5.74, 6) is -0.0726. The Morgan fingerprint density at radius 1 is 1.00 bits per heavy atom. The molecule has 0 unspecified atom stereocenters. The quantitative estimate of drug-likeness (QED) is 0.275. The fraction of sp³-hybridized carbons (Fsp3) is 0.0833. The van der Waals surface area contributed by atoms with E-state index in [-0.39, 0.29) is 30.6 Å². The normalized spacial score (nSPS) is 14.8. The number of halogens is 2. The van der Waals surface area contributed by atoms with Crippen molar-refractivity contribution >= 4 is 40.6 Å². The molecule has 0 atom stereocenters. The van der Waals surface area contributed by atoms with E-state index in [0.717, 1.165) is 14.7 Å². The van der Waals surface area contributed by atoms with E-state index in [1.165, 1.54) is 11.0 Å². The van der Waals surface area contributed by atoms with Gasteiger partial charge in [0.1, 0.15) is 23.9 Å². The summed E-state index contributed by atoms with van der Waals surface area (Å²) in [6.07, 6.45) is 1.63. The van der Waals surface area contributed by atoms with Crippen LogP contribution in [0.5, 0.6) is 5.75 Å². The van der Waals surface area contributed by atoms with Crippen LogP contribution in [0, 0.1) is 9.39 Å². The smallest absolute Gasteiger partial charge is 0.329 e. The zero-order valence-corrected chi connectivity index (χ0v) is 18.5. The molecule has 4 rings (SSSR count). The number of nitrogens with one attached hydrogen (secondary N) is 1. The lowest BCUT2D eigenvalue weighted by atomic mass is 10.1. The van der Waals surface area contributed by atoms with Gasteiger partial charge in [-0.3, -0.25) is 9.69 Å². The molecule has 156 valence electrons. The van der Waals surface area contributed by atoms with Crippen molar-refractivity contribution in [3.63, 3.8) is 0 Å². The highest BCUT2D eigenvalue weighted by atomic mass is 127. The number of hydrogen-bond acceptors (Lipinski definition) is 3. The largest absolute Gasteiger partial charge is 0.488 e. The molecule has 5 nitrogen and oxygen atoms in total. The van der Waals surface area contributed by atoms with Gasteiger partial charge in [0.25, 0.3) is 5.91 Å². The maximum absolute atomic E-state index is 13.8. The molecule has 0 radical (unpaired) electrons. The van der Waals surface area contributed by atoms with Gasteiger partial charge in [-0.15, -0.1) is 0 Å². The van der Waals surface area contributed by atoms with Gasteiger partial charge in [-0.2, -0.15) is 0 Å². The average molecular weight is 528 g/mol. The van der Waals surface area contributed by atoms with Crippen LogP contribution >= 0.6 is 22.6 Å². The second-order valence-corrected chi connectivity index (χ2v) is 8.10. The maximum Gasteiger partial charge on any atom is 0.329 e. The second kappa shape index (κ2) is 9.30. The lowest BCUT2D eigenvalue weighted by Crippen LogP contribution is -2.30. The van der Waals surface area contributed by atoms with Crippen molar-refractivity contribution in [2.45, 2.75) is 13.2 Å². The molecule has 1 N–H and O–H groups in total. The molecule has 7 heteroatoms. The number of imide groups is 1. The molecular weight excluding hydrogens is 510 g/mol. The van der Waals surface area contributed by atoms with Crippen molar-refractivity contribution in [2.24, 2.45) is 0 Å². The molecule has 31 heavy (non-hydrogen) atoms. The van der Waals surface area contributed by atoms with Crippen LogP contribution in [0.4, 0.5) is 9.18 Å². The van der Waals surface area contributed by atoms with Gasteiger partial charge in [0.2, 0.25) is 0 Å². The molecule has 0 aliphatic carbocycles. The van der Waals surface area contributed by atoms with E-state index in [0.29, 0.717) is 11.3 Å². The summed E-state index contributed by atoms with van der Waals surface area (Å²) in [4.78, 5) is 26.1. The maximum atomic E-state index is 13.8. The highest BCUT2D eigenvalue weighted by molar-refractivity contribution is 14.1. The predicted octanol–water partition coefficient (Wildman–Crippen LogP) is 5.10. The average Bonchev–Trinajstić information content (AvgIpc) is 3.02. The summed E-state index contributed by atoms with van der Waals surface area (Å²) < 4.78 is 20.3. The van der Waals surface area contributed by atoms with Crippen molar-refractivity contribution < 1.29 is 18.7 Å². The summed E-state index contributed by atoms with van der Waals surface area (Å²) >= 11 is 2.12. The van der Waals surface area contributed by atoms with Crippen molar-refractivity contribution in [3.8, 4) is 5.75 Å². The first-order chi connectivity index (χ1) is 15.0. The zero-order valence-electron chi connectivity index (χ0n) is 16.3. The second-order valence-electron chi connectivity index (χ2n) is 6.94. The molecule has 1 heterocycles. The summed E-state index contributed by atoms with van der Waals surface area (Å²) in [6.45, 7) is 0.329. The Labute approximate surface area is 192 Å². The van der Waals surface area contributed by atoms with E-state index in [9.17, 15) is 14.0 Å². The van der Waals surface area contributed by atoms with E-state index < -0.39 is 6.03 Å². The molecule has 0 aromatic heterocycles. The minimum absolute atomic E-state index is 0.117. The third-order valence-corrected chi connectivity index (χ3v) is 5.60. The van der Waals surface area contributed by atoms with Crippen molar-refractivity contribution in [3.05, 3.63) is 105 Å². The molecule has 1 saturated heterocycles. The third kappa shape index (κ3) is 4.93. The lowest BCUT2D eigenvalue weighted by molar-refractivity contribution is -0.123. The Balaban J connectivity index is 1.46. The van der Waals surface area contributed by atoms with Gasteiger partial charge in [-0.25, -0.2) is 9.18 Å². The number of ether oxygens (including phenoxy) is 1. The number of carbonyl (C=O) groups excluding carboxylic acids is 2. The number of hydrogen-bond donors (Lipinski definition) is 1. The van der Waals surface area contributed by atoms with Crippen LogP contribution in [-0.2, 0) is 17.9 Å². The minimum Gasteiger partial charge on any atom is -0.488 e. The van der Waals surface area contributed by atoms with Crippen LogP contribution in [0.3, 0.4) is 0 Å². The van der Waals surface area contributed by atoms with Crippen LogP contribution in [0.1, 0.15) is 16.7 Å². The van der Waals surface area contributed by atoms with Crippen LogP contribution < -0.4 is 10.1 Å². The van der Waals surface area contributed by atoms with Gasteiger partial charge in [-0.1, -0.05) is 54.6 Å². The van der Waals surface area contributed by atoms with Gasteiger partial charge in [-0.05, 0) is 58.0 Å². The van der Waals surface area contributed by atoms with Crippen LogP contribution in [-0.4, -0.2) is 16.8 Å². The fourth-order valence-electron chi connectivity index (χ4n) is 3.14. The SMILES string of the molecule is O=C1N/C(=C/c2ccc(OCc3ccccc3F)c(I)c2)C(=O)N1Cc1ccccc1. The summed E-state index contributed by atoms with van der Waals surface area (Å²) in [7, 11) is 0. The van der Waals surface area contributed by atoms with E-state index in [1.807, 2.05) is 36.4 Å². The van der Waals surface area contributed by atoms with Crippen molar-refractivity contribution in [1.82, 2.24) is 10.2 Å². The standard InChI is InChI=1S/C24H18FIN2O3/c25-19-9-5-4-8-18(19)15-31-22-11-10-17(12-20(22)26)13-21-23(29)28(24(30)27-21)14-16-6-2-1-3-7-16/h1-13H,14-15H2,(H,27,30)/b21-13+. The Kier molecular flexibility index (Phi) is 6.31. The zero-order chi connectivity index (χ0) is 21.8. The molecule has 1 aliphatic rings. The Bertz CT molecular complexity index is 1160. The molecule has 1 aliphatic heterocycles. The van der Waals surface area contributed by atoms with Crippen LogP contribution in [0.2, 0.25) is 0 Å². The van der Waals surface area contributed by atoms with E-state index in [1.54, 1.807) is 36.4 Å². The highest BCUT2D eigenvalue weighted by Crippen LogP contribution is 2.25. The number of rotatable bonds is 6. The van der Waals surface area contributed by atoms with Gasteiger partial charge in [0, 0.05) is 5.56 Å². The first kappa shape index (κ1) is 21.0. The predicted molar refractivity (Wildman–Crippen MR) is 123 cm³/mol. The Morgan fingerprint density at radius 3 is 2.48 bits per heavy atom. The number of urea groups is 1. The number of benzene rings is 3. The van der Waals surface area contributed by atoms with Crippen molar-refractivity contribution in [2.75, 3.05) is 0 Å². The molecule has 1 fully saturated rings. The minimum atomic E-state index is -0.445. The molecule has 0 saturated carbocycles. The van der Waals surface area contributed by atoms with Gasteiger partial charge in [0.05, 0.1) is 10.1 Å². The third-order valence-electron chi connectivity index (χ3n) is 4.75. The topological polar surface area (TPSA) is 58.6 Å².